The first-order valence-corrected chi connectivity index (χ1v) is 4.87. The van der Waals surface area contributed by atoms with Gasteiger partial charge in [0.05, 0.1) is 10.6 Å². The molecule has 84 valence electrons. The van der Waals surface area contributed by atoms with Gasteiger partial charge < -0.3 is 0 Å². The highest BCUT2D eigenvalue weighted by atomic mass is 16.6. The molecular weight excluding hydrogens is 220 g/mol. The number of nitro benzene ring substituents is 1. The molecule has 0 aliphatic rings. The first-order chi connectivity index (χ1) is 8.20. The van der Waals surface area contributed by atoms with Crippen molar-refractivity contribution in [2.75, 3.05) is 0 Å². The molecule has 1 heterocycles. The number of nitro groups is 1. The predicted octanol–water partition coefficient (Wildman–Crippen LogP) is 2.47. The van der Waals surface area contributed by atoms with Crippen LogP contribution in [-0.4, -0.2) is 16.2 Å². The molecule has 5 heteroatoms. The number of carbonyl (C=O) groups excluding carboxylic acids is 1. The maximum Gasteiger partial charge on any atom is 0.270 e. The zero-order chi connectivity index (χ0) is 12.3. The van der Waals surface area contributed by atoms with Crippen LogP contribution in [0.1, 0.15) is 10.4 Å². The van der Waals surface area contributed by atoms with Crippen LogP contribution in [0.4, 0.5) is 5.69 Å². The van der Waals surface area contributed by atoms with E-state index >= 15 is 0 Å². The van der Waals surface area contributed by atoms with Gasteiger partial charge in [0.15, 0.2) is 0 Å². The van der Waals surface area contributed by atoms with Crippen molar-refractivity contribution >= 4 is 12.0 Å². The van der Waals surface area contributed by atoms with Gasteiger partial charge >= 0.3 is 0 Å². The molecule has 5 nitrogen and oxygen atoms in total. The van der Waals surface area contributed by atoms with Gasteiger partial charge in [0.1, 0.15) is 6.29 Å². The average Bonchev–Trinajstić information content (AvgIpc) is 2.39. The second-order valence-electron chi connectivity index (χ2n) is 3.40. The number of nitrogens with zero attached hydrogens (tertiary/aromatic N) is 2. The Hall–Kier alpha value is -2.56. The Bertz CT molecular complexity index is 581. The van der Waals surface area contributed by atoms with Gasteiger partial charge in [-0.1, -0.05) is 12.1 Å². The van der Waals surface area contributed by atoms with Crippen LogP contribution in [-0.2, 0) is 0 Å². The average molecular weight is 228 g/mol. The van der Waals surface area contributed by atoms with Crippen molar-refractivity contribution < 1.29 is 9.72 Å². The first kappa shape index (κ1) is 10.9. The molecule has 0 bridgehead atoms. The van der Waals surface area contributed by atoms with E-state index in [0.717, 1.165) is 0 Å². The Morgan fingerprint density at radius 2 is 2.06 bits per heavy atom. The van der Waals surface area contributed by atoms with E-state index in [9.17, 15) is 14.9 Å². The highest BCUT2D eigenvalue weighted by molar-refractivity contribution is 5.77. The third-order valence-electron chi connectivity index (χ3n) is 2.27. The zero-order valence-electron chi connectivity index (χ0n) is 8.74. The number of pyridine rings is 1. The summed E-state index contributed by atoms with van der Waals surface area (Å²) in [5.41, 5.74) is 1.64. The Balaban J connectivity index is 2.48. The van der Waals surface area contributed by atoms with Crippen LogP contribution in [0, 0.1) is 10.1 Å². The molecule has 0 radical (unpaired) electrons. The lowest BCUT2D eigenvalue weighted by Gasteiger charge is -2.01. The highest BCUT2D eigenvalue weighted by Gasteiger charge is 2.07. The van der Waals surface area contributed by atoms with Gasteiger partial charge in [0, 0.05) is 29.5 Å². The Morgan fingerprint density at radius 3 is 2.76 bits per heavy atom. The van der Waals surface area contributed by atoms with E-state index in [1.165, 1.54) is 18.3 Å². The van der Waals surface area contributed by atoms with Crippen LogP contribution in [0.5, 0.6) is 0 Å². The van der Waals surface area contributed by atoms with Crippen molar-refractivity contribution in [1.29, 1.82) is 0 Å². The van der Waals surface area contributed by atoms with Gasteiger partial charge in [-0.3, -0.25) is 19.9 Å². The fraction of sp³-hybridized carbons (Fsp3) is 0. The maximum atomic E-state index is 10.6. The molecule has 0 aliphatic carbocycles. The largest absolute Gasteiger partial charge is 0.298 e. The van der Waals surface area contributed by atoms with Crippen LogP contribution in [0.25, 0.3) is 11.3 Å². The van der Waals surface area contributed by atoms with E-state index in [1.54, 1.807) is 24.3 Å². The number of hydrogen-bond acceptors (Lipinski definition) is 4. The van der Waals surface area contributed by atoms with Crippen molar-refractivity contribution in [1.82, 2.24) is 4.98 Å². The fourth-order valence-corrected chi connectivity index (χ4v) is 1.46. The Morgan fingerprint density at radius 1 is 1.24 bits per heavy atom. The molecule has 0 atom stereocenters. The minimum Gasteiger partial charge on any atom is -0.298 e. The summed E-state index contributed by atoms with van der Waals surface area (Å²) in [7, 11) is 0. The van der Waals surface area contributed by atoms with Crippen LogP contribution >= 0.6 is 0 Å². The van der Waals surface area contributed by atoms with E-state index in [1.807, 2.05) is 0 Å². The predicted molar refractivity (Wildman–Crippen MR) is 61.7 cm³/mol. The molecule has 0 N–H and O–H groups in total. The van der Waals surface area contributed by atoms with E-state index in [2.05, 4.69) is 4.98 Å². The quantitative estimate of drug-likeness (QED) is 0.459. The Labute approximate surface area is 96.9 Å². The number of non-ortho nitro benzene ring substituents is 1. The highest BCUT2D eigenvalue weighted by Crippen LogP contribution is 2.22. The number of carbonyl (C=O) groups is 1. The lowest BCUT2D eigenvalue weighted by molar-refractivity contribution is -0.384. The summed E-state index contributed by atoms with van der Waals surface area (Å²) in [5.74, 6) is 0. The third kappa shape index (κ3) is 2.34. The number of benzene rings is 1. The summed E-state index contributed by atoms with van der Waals surface area (Å²) in [5, 5.41) is 10.6. The molecule has 0 spiro atoms. The standard InChI is InChI=1S/C12H8N2O3/c15-8-9-4-5-13-12(6-9)10-2-1-3-11(7-10)14(16)17/h1-8H. The SMILES string of the molecule is O=Cc1ccnc(-c2cccc([N+](=O)[O-])c2)c1. The lowest BCUT2D eigenvalue weighted by atomic mass is 10.1. The molecule has 0 saturated heterocycles. The number of aromatic nitrogens is 1. The second kappa shape index (κ2) is 4.52. The van der Waals surface area contributed by atoms with Gasteiger partial charge in [0.25, 0.3) is 5.69 Å². The normalized spacial score (nSPS) is 9.88. The summed E-state index contributed by atoms with van der Waals surface area (Å²) >= 11 is 0. The van der Waals surface area contributed by atoms with Gasteiger partial charge in [-0.2, -0.15) is 0 Å². The van der Waals surface area contributed by atoms with Gasteiger partial charge in [-0.25, -0.2) is 0 Å². The van der Waals surface area contributed by atoms with Crippen LogP contribution in [0.15, 0.2) is 42.6 Å². The Kier molecular flexibility index (Phi) is 2.91. The topological polar surface area (TPSA) is 73.1 Å². The third-order valence-corrected chi connectivity index (χ3v) is 2.27. The number of aldehydes is 1. The summed E-state index contributed by atoms with van der Waals surface area (Å²) in [6.07, 6.45) is 2.21. The van der Waals surface area contributed by atoms with Crippen molar-refractivity contribution in [3.8, 4) is 11.3 Å². The van der Waals surface area contributed by atoms with E-state index in [0.29, 0.717) is 23.1 Å². The lowest BCUT2D eigenvalue weighted by Crippen LogP contribution is -1.90. The molecule has 1 aromatic heterocycles. The molecule has 1 aromatic carbocycles. The van der Waals surface area contributed by atoms with Crippen molar-refractivity contribution in [2.24, 2.45) is 0 Å². The first-order valence-electron chi connectivity index (χ1n) is 4.87. The molecular formula is C12H8N2O3. The molecule has 2 rings (SSSR count). The fourth-order valence-electron chi connectivity index (χ4n) is 1.46. The summed E-state index contributed by atoms with van der Waals surface area (Å²) in [6.45, 7) is 0. The molecule has 0 amide bonds. The maximum absolute atomic E-state index is 10.6. The van der Waals surface area contributed by atoms with Gasteiger partial charge in [-0.15, -0.1) is 0 Å². The van der Waals surface area contributed by atoms with Crippen LogP contribution in [0.2, 0.25) is 0 Å². The minimum absolute atomic E-state index is 0.000746. The summed E-state index contributed by atoms with van der Waals surface area (Å²) in [4.78, 5) is 24.9. The van der Waals surface area contributed by atoms with E-state index in [4.69, 9.17) is 0 Å². The monoisotopic (exact) mass is 228 g/mol. The van der Waals surface area contributed by atoms with Crippen LogP contribution < -0.4 is 0 Å². The van der Waals surface area contributed by atoms with Crippen LogP contribution in [0.3, 0.4) is 0 Å². The van der Waals surface area contributed by atoms with Crippen molar-refractivity contribution in [3.63, 3.8) is 0 Å². The summed E-state index contributed by atoms with van der Waals surface area (Å²) in [6, 6.07) is 9.30. The molecule has 0 unspecified atom stereocenters. The smallest absolute Gasteiger partial charge is 0.270 e. The second-order valence-corrected chi connectivity index (χ2v) is 3.40. The molecule has 0 aliphatic heterocycles. The zero-order valence-corrected chi connectivity index (χ0v) is 8.74. The van der Waals surface area contributed by atoms with Gasteiger partial charge in [0.2, 0.25) is 0 Å². The van der Waals surface area contributed by atoms with Crippen molar-refractivity contribution in [3.05, 3.63) is 58.3 Å². The molecule has 2 aromatic rings. The van der Waals surface area contributed by atoms with Crippen molar-refractivity contribution in [2.45, 2.75) is 0 Å². The molecule has 0 fully saturated rings. The van der Waals surface area contributed by atoms with E-state index in [-0.39, 0.29) is 5.69 Å². The molecule has 0 saturated carbocycles. The van der Waals surface area contributed by atoms with E-state index < -0.39 is 4.92 Å². The minimum atomic E-state index is -0.465. The number of rotatable bonds is 3. The number of hydrogen-bond donors (Lipinski definition) is 0. The summed E-state index contributed by atoms with van der Waals surface area (Å²) < 4.78 is 0. The van der Waals surface area contributed by atoms with Gasteiger partial charge in [-0.05, 0) is 12.1 Å². The molecule has 17 heavy (non-hydrogen) atoms.